The number of ketones is 1. The van der Waals surface area contributed by atoms with Crippen molar-refractivity contribution in [1.82, 2.24) is 0 Å². The van der Waals surface area contributed by atoms with Crippen molar-refractivity contribution < 1.29 is 24.0 Å². The summed E-state index contributed by atoms with van der Waals surface area (Å²) in [6, 6.07) is 10.3. The Kier molecular flexibility index (Phi) is 6.06. The molecule has 1 fully saturated rings. The van der Waals surface area contributed by atoms with Gasteiger partial charge in [0, 0.05) is 5.56 Å². The highest BCUT2D eigenvalue weighted by Crippen LogP contribution is 2.21. The number of hydrogen-bond donors (Lipinski definition) is 0. The van der Waals surface area contributed by atoms with Crippen molar-refractivity contribution in [3.8, 4) is 5.75 Å². The molecule has 27 heavy (non-hydrogen) atoms. The van der Waals surface area contributed by atoms with Gasteiger partial charge in [0.15, 0.2) is 6.10 Å². The fourth-order valence-corrected chi connectivity index (χ4v) is 3.19. The fourth-order valence-electron chi connectivity index (χ4n) is 3.19. The zero-order chi connectivity index (χ0) is 19.2. The highest BCUT2D eigenvalue weighted by molar-refractivity contribution is 6.02. The minimum atomic E-state index is -0.873. The van der Waals surface area contributed by atoms with Gasteiger partial charge in [0.2, 0.25) is 5.78 Å². The smallest absolute Gasteiger partial charge is 0.347 e. The molecule has 0 unspecified atom stereocenters. The lowest BCUT2D eigenvalue weighted by Crippen LogP contribution is -2.30. The molecule has 0 radical (unpaired) electrons. The normalized spacial score (nSPS) is 14.7. The van der Waals surface area contributed by atoms with Crippen LogP contribution in [0, 0.1) is 0 Å². The maximum Gasteiger partial charge on any atom is 0.347 e. The molecule has 0 aliphatic carbocycles. The van der Waals surface area contributed by atoms with E-state index in [2.05, 4.69) is 9.88 Å². The Balaban J connectivity index is 1.69. The van der Waals surface area contributed by atoms with Crippen LogP contribution in [0.25, 0.3) is 0 Å². The molecule has 2 aromatic rings. The minimum Gasteiger partial charge on any atom is -0.494 e. The number of carbonyl (C=O) groups is 2. The summed E-state index contributed by atoms with van der Waals surface area (Å²) in [6.45, 7) is 5.87. The van der Waals surface area contributed by atoms with Crippen LogP contribution >= 0.6 is 0 Å². The number of rotatable bonds is 7. The maximum atomic E-state index is 12.7. The molecule has 1 N–H and O–H groups in total. The maximum absolute atomic E-state index is 12.7. The number of pyridine rings is 1. The third kappa shape index (κ3) is 4.45. The number of H-pyrrole nitrogens is 1. The Labute approximate surface area is 159 Å². The highest BCUT2D eigenvalue weighted by Gasteiger charge is 2.29. The molecule has 2 heterocycles. The first-order valence-corrected chi connectivity index (χ1v) is 9.34. The molecule has 1 aromatic heterocycles. The average molecular weight is 369 g/mol. The largest absolute Gasteiger partial charge is 0.494 e. The Morgan fingerprint density at radius 3 is 2.52 bits per heavy atom. The molecule has 142 valence electrons. The first kappa shape index (κ1) is 18.9. The molecule has 1 aromatic carbocycles. The van der Waals surface area contributed by atoms with E-state index in [1.54, 1.807) is 49.5 Å². The van der Waals surface area contributed by atoms with Crippen LogP contribution in [0.3, 0.4) is 0 Å². The number of ether oxygens (including phenoxy) is 2. The zero-order valence-corrected chi connectivity index (χ0v) is 15.7. The van der Waals surface area contributed by atoms with Gasteiger partial charge < -0.3 is 9.47 Å². The predicted molar refractivity (Wildman–Crippen MR) is 101 cm³/mol. The molecule has 1 atom stereocenters. The summed E-state index contributed by atoms with van der Waals surface area (Å²) in [5.41, 5.74) is 0.934. The SMILES string of the molecule is CCOc1ccc(C(=O)[C@@H](C)OC(=O)c2ccc[nH+]c2N2CCCC2)cc1. The van der Waals surface area contributed by atoms with E-state index in [0.717, 1.165) is 31.7 Å². The van der Waals surface area contributed by atoms with Crippen molar-refractivity contribution in [2.24, 2.45) is 0 Å². The summed E-state index contributed by atoms with van der Waals surface area (Å²) in [6.07, 6.45) is 3.12. The summed E-state index contributed by atoms with van der Waals surface area (Å²) in [4.78, 5) is 30.5. The van der Waals surface area contributed by atoms with Crippen LogP contribution < -0.4 is 14.6 Å². The van der Waals surface area contributed by atoms with Gasteiger partial charge in [0.25, 0.3) is 5.82 Å². The second kappa shape index (κ2) is 8.66. The van der Waals surface area contributed by atoms with Crippen LogP contribution in [0.4, 0.5) is 5.82 Å². The van der Waals surface area contributed by atoms with Crippen molar-refractivity contribution in [1.29, 1.82) is 0 Å². The van der Waals surface area contributed by atoms with Gasteiger partial charge in [-0.25, -0.2) is 9.78 Å². The van der Waals surface area contributed by atoms with Gasteiger partial charge in [-0.05, 0) is 63.1 Å². The molecule has 1 aliphatic rings. The van der Waals surface area contributed by atoms with E-state index < -0.39 is 12.1 Å². The molecule has 0 bridgehead atoms. The molecule has 0 spiro atoms. The fraction of sp³-hybridized carbons (Fsp3) is 0.381. The van der Waals surface area contributed by atoms with Gasteiger partial charge in [-0.1, -0.05) is 0 Å². The average Bonchev–Trinajstić information content (AvgIpc) is 3.23. The van der Waals surface area contributed by atoms with Crippen molar-refractivity contribution in [2.45, 2.75) is 32.8 Å². The lowest BCUT2D eigenvalue weighted by atomic mass is 10.1. The monoisotopic (exact) mass is 369 g/mol. The quantitative estimate of drug-likeness (QED) is 0.554. The van der Waals surface area contributed by atoms with Gasteiger partial charge in [-0.3, -0.25) is 9.69 Å². The molecule has 1 aliphatic heterocycles. The standard InChI is InChI=1S/C21H24N2O4/c1-3-26-17-10-8-16(9-11-17)19(24)15(2)27-21(25)18-7-6-12-22-20(18)23-13-4-5-14-23/h6-12,15H,3-5,13-14H2,1-2H3/p+1/t15-/m1/s1. The van der Waals surface area contributed by atoms with Crippen LogP contribution in [0.15, 0.2) is 42.6 Å². The lowest BCUT2D eigenvalue weighted by Gasteiger charge is -2.15. The van der Waals surface area contributed by atoms with Gasteiger partial charge >= 0.3 is 5.97 Å². The molecule has 3 rings (SSSR count). The summed E-state index contributed by atoms with van der Waals surface area (Å²) < 4.78 is 10.8. The van der Waals surface area contributed by atoms with E-state index in [9.17, 15) is 9.59 Å². The number of aromatic amines is 1. The zero-order valence-electron chi connectivity index (χ0n) is 15.7. The van der Waals surface area contributed by atoms with Gasteiger partial charge in [0.1, 0.15) is 11.3 Å². The van der Waals surface area contributed by atoms with Gasteiger partial charge in [-0.2, -0.15) is 0 Å². The molecule has 6 heteroatoms. The summed E-state index contributed by atoms with van der Waals surface area (Å²) in [5.74, 6) is 0.712. The van der Waals surface area contributed by atoms with Crippen molar-refractivity contribution in [3.63, 3.8) is 0 Å². The molecule has 0 amide bonds. The number of esters is 1. The van der Waals surface area contributed by atoms with Gasteiger partial charge in [0.05, 0.1) is 25.9 Å². The van der Waals surface area contributed by atoms with Crippen LogP contribution in [0.5, 0.6) is 5.75 Å². The second-order valence-electron chi connectivity index (χ2n) is 6.50. The summed E-state index contributed by atoms with van der Waals surface area (Å²) >= 11 is 0. The molecule has 6 nitrogen and oxygen atoms in total. The van der Waals surface area contributed by atoms with E-state index in [-0.39, 0.29) is 5.78 Å². The van der Waals surface area contributed by atoms with Gasteiger partial charge in [-0.15, -0.1) is 0 Å². The molecular formula is C21H25N2O4+. The Morgan fingerprint density at radius 2 is 1.85 bits per heavy atom. The van der Waals surface area contributed by atoms with E-state index in [0.29, 0.717) is 23.5 Å². The summed E-state index contributed by atoms with van der Waals surface area (Å²) in [7, 11) is 0. The van der Waals surface area contributed by atoms with E-state index >= 15 is 0 Å². The van der Waals surface area contributed by atoms with E-state index in [1.165, 1.54) is 0 Å². The summed E-state index contributed by atoms with van der Waals surface area (Å²) in [5, 5.41) is 0. The number of Topliss-reactive ketones (excluding diaryl/α,β-unsaturated/α-hetero) is 1. The third-order valence-electron chi connectivity index (χ3n) is 4.58. The Hall–Kier alpha value is -2.89. The predicted octanol–water partition coefficient (Wildman–Crippen LogP) is 2.93. The number of hydrogen-bond acceptors (Lipinski definition) is 5. The highest BCUT2D eigenvalue weighted by atomic mass is 16.5. The van der Waals surface area contributed by atoms with Crippen LogP contribution in [0.1, 0.15) is 47.4 Å². The van der Waals surface area contributed by atoms with Crippen molar-refractivity contribution in [3.05, 3.63) is 53.7 Å². The van der Waals surface area contributed by atoms with Crippen LogP contribution in [0.2, 0.25) is 0 Å². The molecular weight excluding hydrogens is 344 g/mol. The Morgan fingerprint density at radius 1 is 1.15 bits per heavy atom. The first-order chi connectivity index (χ1) is 13.1. The third-order valence-corrected chi connectivity index (χ3v) is 4.58. The van der Waals surface area contributed by atoms with Crippen molar-refractivity contribution >= 4 is 17.6 Å². The molecule has 0 saturated carbocycles. The number of nitrogens with one attached hydrogen (secondary N) is 1. The number of benzene rings is 1. The minimum absolute atomic E-state index is 0.242. The number of nitrogens with zero attached hydrogens (tertiary/aromatic N) is 1. The lowest BCUT2D eigenvalue weighted by molar-refractivity contribution is -0.364. The second-order valence-corrected chi connectivity index (χ2v) is 6.50. The van der Waals surface area contributed by atoms with Crippen LogP contribution in [-0.2, 0) is 4.74 Å². The molecule has 1 saturated heterocycles. The Bertz CT molecular complexity index is 798. The van der Waals surface area contributed by atoms with E-state index in [1.807, 2.05) is 6.92 Å². The van der Waals surface area contributed by atoms with Crippen LogP contribution in [-0.4, -0.2) is 37.6 Å². The van der Waals surface area contributed by atoms with E-state index in [4.69, 9.17) is 9.47 Å². The first-order valence-electron chi connectivity index (χ1n) is 9.34. The number of carbonyl (C=O) groups excluding carboxylic acids is 2. The number of anilines is 1. The van der Waals surface area contributed by atoms with Crippen molar-refractivity contribution in [2.75, 3.05) is 24.6 Å². The topological polar surface area (TPSA) is 70.0 Å². The number of aromatic nitrogens is 1.